The van der Waals surface area contributed by atoms with Crippen LogP contribution in [0.4, 0.5) is 0 Å². The Kier molecular flexibility index (Phi) is 3.36. The van der Waals surface area contributed by atoms with Crippen molar-refractivity contribution in [3.8, 4) is 11.5 Å². The van der Waals surface area contributed by atoms with Gasteiger partial charge in [-0.05, 0) is 25.7 Å². The standard InChI is InChI=1S/C18H27N5/c1-5-14-13-10-11-22-16(19-20-17(22)18(2,3)4)15(13)23(21-14)12-8-6-7-9-12/h12H,5-11H2,1-4H3. The Morgan fingerprint density at radius 3 is 2.52 bits per heavy atom. The maximum absolute atomic E-state index is 5.00. The highest BCUT2D eigenvalue weighted by molar-refractivity contribution is 5.60. The lowest BCUT2D eigenvalue weighted by Gasteiger charge is -2.24. The number of aryl methyl sites for hydroxylation is 1. The van der Waals surface area contributed by atoms with Crippen LogP contribution >= 0.6 is 0 Å². The molecule has 0 amide bonds. The molecule has 0 unspecified atom stereocenters. The van der Waals surface area contributed by atoms with Crippen molar-refractivity contribution in [2.24, 2.45) is 0 Å². The molecule has 1 aliphatic heterocycles. The van der Waals surface area contributed by atoms with Crippen molar-refractivity contribution < 1.29 is 0 Å². The Hall–Kier alpha value is -1.65. The second-order valence-corrected chi connectivity index (χ2v) is 8.01. The zero-order chi connectivity index (χ0) is 16.2. The lowest BCUT2D eigenvalue weighted by atomic mass is 9.94. The molecule has 1 saturated carbocycles. The van der Waals surface area contributed by atoms with Crippen LogP contribution in [-0.4, -0.2) is 24.5 Å². The summed E-state index contributed by atoms with van der Waals surface area (Å²) in [6, 6.07) is 0.547. The first-order chi connectivity index (χ1) is 11.0. The Morgan fingerprint density at radius 2 is 1.87 bits per heavy atom. The summed E-state index contributed by atoms with van der Waals surface area (Å²) in [5.74, 6) is 2.13. The van der Waals surface area contributed by atoms with Gasteiger partial charge in [0, 0.05) is 17.5 Å². The topological polar surface area (TPSA) is 48.5 Å². The third-order valence-electron chi connectivity index (χ3n) is 5.32. The van der Waals surface area contributed by atoms with Crippen LogP contribution < -0.4 is 0 Å². The van der Waals surface area contributed by atoms with Gasteiger partial charge in [-0.3, -0.25) is 4.68 Å². The van der Waals surface area contributed by atoms with Crippen LogP contribution in [0.25, 0.3) is 11.5 Å². The van der Waals surface area contributed by atoms with Crippen LogP contribution in [0.2, 0.25) is 0 Å². The summed E-state index contributed by atoms with van der Waals surface area (Å²) in [6.07, 6.45) is 7.19. The molecule has 3 heterocycles. The van der Waals surface area contributed by atoms with Gasteiger partial charge < -0.3 is 4.57 Å². The van der Waals surface area contributed by atoms with E-state index in [4.69, 9.17) is 5.10 Å². The van der Waals surface area contributed by atoms with E-state index in [-0.39, 0.29) is 5.41 Å². The Bertz CT molecular complexity index is 725. The minimum atomic E-state index is 0.0224. The quantitative estimate of drug-likeness (QED) is 0.850. The lowest BCUT2D eigenvalue weighted by molar-refractivity contribution is 0.461. The van der Waals surface area contributed by atoms with Crippen molar-refractivity contribution >= 4 is 0 Å². The molecule has 1 aliphatic carbocycles. The Balaban J connectivity index is 1.89. The smallest absolute Gasteiger partial charge is 0.182 e. The first-order valence-corrected chi connectivity index (χ1v) is 9.05. The van der Waals surface area contributed by atoms with Gasteiger partial charge in [0.15, 0.2) is 5.82 Å². The predicted octanol–water partition coefficient (Wildman–Crippen LogP) is 3.67. The van der Waals surface area contributed by atoms with E-state index < -0.39 is 0 Å². The highest BCUT2D eigenvalue weighted by Crippen LogP contribution is 2.39. The summed E-state index contributed by atoms with van der Waals surface area (Å²) in [5.41, 5.74) is 3.95. The molecule has 0 atom stereocenters. The van der Waals surface area contributed by atoms with Crippen molar-refractivity contribution in [1.29, 1.82) is 0 Å². The number of hydrogen-bond donors (Lipinski definition) is 0. The van der Waals surface area contributed by atoms with Crippen molar-refractivity contribution in [2.45, 2.75) is 84.2 Å². The second kappa shape index (κ2) is 5.18. The van der Waals surface area contributed by atoms with Gasteiger partial charge in [-0.2, -0.15) is 5.10 Å². The number of hydrogen-bond acceptors (Lipinski definition) is 3. The zero-order valence-electron chi connectivity index (χ0n) is 14.8. The molecule has 2 aromatic heterocycles. The molecule has 0 saturated heterocycles. The molecule has 0 spiro atoms. The van der Waals surface area contributed by atoms with Gasteiger partial charge in [0.25, 0.3) is 0 Å². The van der Waals surface area contributed by atoms with Gasteiger partial charge in [-0.1, -0.05) is 40.5 Å². The molecule has 0 aromatic carbocycles. The Morgan fingerprint density at radius 1 is 1.13 bits per heavy atom. The number of aromatic nitrogens is 5. The van der Waals surface area contributed by atoms with E-state index in [0.29, 0.717) is 6.04 Å². The van der Waals surface area contributed by atoms with Crippen LogP contribution in [0.1, 0.15) is 76.5 Å². The molecule has 2 aliphatic rings. The molecule has 0 radical (unpaired) electrons. The molecule has 2 aromatic rings. The van der Waals surface area contributed by atoms with Crippen LogP contribution in [0.15, 0.2) is 0 Å². The predicted molar refractivity (Wildman–Crippen MR) is 90.5 cm³/mol. The molecule has 4 rings (SSSR count). The van der Waals surface area contributed by atoms with Gasteiger partial charge in [0.05, 0.1) is 11.7 Å². The van der Waals surface area contributed by atoms with Crippen molar-refractivity contribution in [3.63, 3.8) is 0 Å². The van der Waals surface area contributed by atoms with Crippen LogP contribution in [-0.2, 0) is 24.8 Å². The van der Waals surface area contributed by atoms with Gasteiger partial charge in [0.2, 0.25) is 0 Å². The summed E-state index contributed by atoms with van der Waals surface area (Å²) < 4.78 is 4.63. The average Bonchev–Trinajstić information content (AvgIpc) is 3.22. The third-order valence-corrected chi connectivity index (χ3v) is 5.32. The summed E-state index contributed by atoms with van der Waals surface area (Å²) >= 11 is 0. The minimum Gasteiger partial charge on any atom is -0.309 e. The second-order valence-electron chi connectivity index (χ2n) is 8.01. The molecule has 1 fully saturated rings. The van der Waals surface area contributed by atoms with Gasteiger partial charge in [0.1, 0.15) is 11.5 Å². The third kappa shape index (κ3) is 2.24. The highest BCUT2D eigenvalue weighted by atomic mass is 15.4. The fourth-order valence-corrected chi connectivity index (χ4v) is 4.18. The number of fused-ring (bicyclic) bond motifs is 3. The molecular formula is C18H27N5. The summed E-state index contributed by atoms with van der Waals surface area (Å²) in [4.78, 5) is 0. The first kappa shape index (κ1) is 14.9. The SMILES string of the molecule is CCc1nn(C2CCCC2)c2c1CCn1c-2nnc1C(C)(C)C. The maximum atomic E-state index is 5.00. The molecule has 0 bridgehead atoms. The van der Waals surface area contributed by atoms with E-state index in [1.807, 2.05) is 0 Å². The van der Waals surface area contributed by atoms with Gasteiger partial charge in [-0.25, -0.2) is 0 Å². The van der Waals surface area contributed by atoms with Gasteiger partial charge >= 0.3 is 0 Å². The normalized spacial score (nSPS) is 18.3. The largest absolute Gasteiger partial charge is 0.309 e. The van der Waals surface area contributed by atoms with Crippen molar-refractivity contribution in [2.75, 3.05) is 0 Å². The molecule has 0 N–H and O–H groups in total. The van der Waals surface area contributed by atoms with E-state index in [1.165, 1.54) is 42.6 Å². The molecule has 5 heteroatoms. The fraction of sp³-hybridized carbons (Fsp3) is 0.722. The van der Waals surface area contributed by atoms with E-state index >= 15 is 0 Å². The van der Waals surface area contributed by atoms with E-state index in [9.17, 15) is 0 Å². The number of nitrogens with zero attached hydrogens (tertiary/aromatic N) is 5. The van der Waals surface area contributed by atoms with Crippen LogP contribution in [0.5, 0.6) is 0 Å². The summed E-state index contributed by atoms with van der Waals surface area (Å²) in [7, 11) is 0. The highest BCUT2D eigenvalue weighted by Gasteiger charge is 2.33. The lowest BCUT2D eigenvalue weighted by Crippen LogP contribution is -2.23. The van der Waals surface area contributed by atoms with E-state index in [0.717, 1.165) is 31.0 Å². The van der Waals surface area contributed by atoms with E-state index in [1.54, 1.807) is 0 Å². The van der Waals surface area contributed by atoms with Gasteiger partial charge in [-0.15, -0.1) is 10.2 Å². The first-order valence-electron chi connectivity index (χ1n) is 9.05. The summed E-state index contributed by atoms with van der Waals surface area (Å²) in [6.45, 7) is 9.83. The number of rotatable bonds is 2. The maximum Gasteiger partial charge on any atom is 0.182 e. The summed E-state index contributed by atoms with van der Waals surface area (Å²) in [5, 5.41) is 14.1. The molecule has 5 nitrogen and oxygen atoms in total. The monoisotopic (exact) mass is 313 g/mol. The average molecular weight is 313 g/mol. The Labute approximate surface area is 138 Å². The fourth-order valence-electron chi connectivity index (χ4n) is 4.18. The van der Waals surface area contributed by atoms with Crippen LogP contribution in [0.3, 0.4) is 0 Å². The molecule has 124 valence electrons. The minimum absolute atomic E-state index is 0.0224. The zero-order valence-corrected chi connectivity index (χ0v) is 14.8. The van der Waals surface area contributed by atoms with Crippen molar-refractivity contribution in [3.05, 3.63) is 17.1 Å². The van der Waals surface area contributed by atoms with E-state index in [2.05, 4.69) is 47.1 Å². The van der Waals surface area contributed by atoms with Crippen molar-refractivity contribution in [1.82, 2.24) is 24.5 Å². The van der Waals surface area contributed by atoms with Crippen LogP contribution in [0, 0.1) is 0 Å². The molecular weight excluding hydrogens is 286 g/mol. The molecule has 23 heavy (non-hydrogen) atoms.